The number of nitrogen functional groups attached to an aromatic ring is 1. The lowest BCUT2D eigenvalue weighted by molar-refractivity contribution is 0.524. The van der Waals surface area contributed by atoms with Crippen LogP contribution in [0.2, 0.25) is 0 Å². The van der Waals surface area contributed by atoms with E-state index in [0.717, 1.165) is 0 Å². The second-order valence-corrected chi connectivity index (χ2v) is 3.27. The van der Waals surface area contributed by atoms with Crippen molar-refractivity contribution in [2.45, 2.75) is 13.1 Å². The van der Waals surface area contributed by atoms with Gasteiger partial charge in [0.15, 0.2) is 0 Å². The normalized spacial score (nSPS) is 10.4. The van der Waals surface area contributed by atoms with Crippen LogP contribution in [-0.4, -0.2) is 14.3 Å². The van der Waals surface area contributed by atoms with Gasteiger partial charge in [-0.05, 0) is 6.07 Å². The molecule has 0 spiro atoms. The predicted octanol–water partition coefficient (Wildman–Crippen LogP) is 0.327. The lowest BCUT2D eigenvalue weighted by atomic mass is 10.4. The summed E-state index contributed by atoms with van der Waals surface area (Å²) in [5.41, 5.74) is 6.16. The zero-order valence-electron chi connectivity index (χ0n) is 8.21. The van der Waals surface area contributed by atoms with E-state index < -0.39 is 0 Å². The Labute approximate surface area is 86.8 Å². The van der Waals surface area contributed by atoms with E-state index in [-0.39, 0.29) is 5.56 Å². The molecule has 0 aromatic carbocycles. The van der Waals surface area contributed by atoms with Gasteiger partial charge in [-0.1, -0.05) is 6.07 Å². The summed E-state index contributed by atoms with van der Waals surface area (Å²) in [5, 5.41) is 4.04. The lowest BCUT2D eigenvalue weighted by Gasteiger charge is -2.04. The minimum atomic E-state index is -0.00220. The van der Waals surface area contributed by atoms with Crippen molar-refractivity contribution in [1.29, 1.82) is 0 Å². The fourth-order valence-electron chi connectivity index (χ4n) is 1.36. The summed E-state index contributed by atoms with van der Waals surface area (Å²) in [5.74, 6) is 0. The van der Waals surface area contributed by atoms with Crippen LogP contribution in [0.25, 0.3) is 0 Å². The van der Waals surface area contributed by atoms with Crippen LogP contribution >= 0.6 is 0 Å². The molecule has 2 rings (SSSR count). The van der Waals surface area contributed by atoms with Crippen molar-refractivity contribution in [3.8, 4) is 0 Å². The first-order valence-electron chi connectivity index (χ1n) is 4.69. The Morgan fingerprint density at radius 1 is 1.33 bits per heavy atom. The van der Waals surface area contributed by atoms with Crippen LogP contribution in [0.3, 0.4) is 0 Å². The molecule has 5 nitrogen and oxygen atoms in total. The number of rotatable bonds is 3. The fraction of sp³-hybridized carbons (Fsp3) is 0.200. The summed E-state index contributed by atoms with van der Waals surface area (Å²) >= 11 is 0. The molecule has 2 aromatic heterocycles. The second kappa shape index (κ2) is 4.00. The number of aryl methyl sites for hydroxylation is 2. The summed E-state index contributed by atoms with van der Waals surface area (Å²) in [6.45, 7) is 1.24. The molecule has 0 saturated heterocycles. The fourth-order valence-corrected chi connectivity index (χ4v) is 1.36. The third-order valence-corrected chi connectivity index (χ3v) is 2.12. The number of nitrogens with two attached hydrogens (primary N) is 1. The minimum Gasteiger partial charge on any atom is -0.396 e. The van der Waals surface area contributed by atoms with E-state index in [1.807, 2.05) is 6.07 Å². The Kier molecular flexibility index (Phi) is 2.53. The molecule has 0 atom stereocenters. The Morgan fingerprint density at radius 3 is 2.87 bits per heavy atom. The number of aromatic nitrogens is 3. The molecular weight excluding hydrogens is 192 g/mol. The number of nitrogens with zero attached hydrogens (tertiary/aromatic N) is 3. The average molecular weight is 204 g/mol. The highest BCUT2D eigenvalue weighted by molar-refractivity contribution is 5.30. The van der Waals surface area contributed by atoms with Gasteiger partial charge < -0.3 is 10.3 Å². The molecule has 0 fully saturated rings. The highest BCUT2D eigenvalue weighted by Gasteiger charge is 1.96. The SMILES string of the molecule is Nc1cnn(CCn2ccccc2=O)c1. The van der Waals surface area contributed by atoms with Crippen molar-refractivity contribution in [3.05, 3.63) is 47.1 Å². The van der Waals surface area contributed by atoms with E-state index in [0.29, 0.717) is 18.8 Å². The van der Waals surface area contributed by atoms with Gasteiger partial charge in [0.1, 0.15) is 0 Å². The van der Waals surface area contributed by atoms with E-state index in [1.54, 1.807) is 33.9 Å². The Morgan fingerprint density at radius 2 is 2.20 bits per heavy atom. The number of pyridine rings is 1. The average Bonchev–Trinajstić information content (AvgIpc) is 2.63. The van der Waals surface area contributed by atoms with Crippen LogP contribution in [0.4, 0.5) is 5.69 Å². The summed E-state index contributed by atoms with van der Waals surface area (Å²) in [6.07, 6.45) is 5.09. The molecule has 5 heteroatoms. The van der Waals surface area contributed by atoms with Crippen molar-refractivity contribution in [1.82, 2.24) is 14.3 Å². The highest BCUT2D eigenvalue weighted by Crippen LogP contribution is 1.97. The van der Waals surface area contributed by atoms with E-state index in [2.05, 4.69) is 5.10 Å². The molecule has 0 saturated carbocycles. The van der Waals surface area contributed by atoms with Gasteiger partial charge in [0.2, 0.25) is 0 Å². The molecule has 78 valence electrons. The van der Waals surface area contributed by atoms with Crippen molar-refractivity contribution >= 4 is 5.69 Å². The van der Waals surface area contributed by atoms with E-state index >= 15 is 0 Å². The maximum Gasteiger partial charge on any atom is 0.250 e. The summed E-state index contributed by atoms with van der Waals surface area (Å²) in [6, 6.07) is 5.10. The largest absolute Gasteiger partial charge is 0.396 e. The van der Waals surface area contributed by atoms with Gasteiger partial charge in [-0.2, -0.15) is 5.10 Å². The maximum absolute atomic E-state index is 11.4. The minimum absolute atomic E-state index is 0.00220. The van der Waals surface area contributed by atoms with Gasteiger partial charge in [0.05, 0.1) is 18.4 Å². The molecule has 2 aromatic rings. The van der Waals surface area contributed by atoms with Crippen LogP contribution in [-0.2, 0) is 13.1 Å². The van der Waals surface area contributed by atoms with Gasteiger partial charge in [0, 0.05) is 25.0 Å². The third kappa shape index (κ3) is 2.25. The summed E-state index contributed by atoms with van der Waals surface area (Å²) < 4.78 is 3.35. The van der Waals surface area contributed by atoms with Crippen LogP contribution < -0.4 is 11.3 Å². The first-order chi connectivity index (χ1) is 7.25. The van der Waals surface area contributed by atoms with Crippen molar-refractivity contribution in [3.63, 3.8) is 0 Å². The quantitative estimate of drug-likeness (QED) is 0.783. The predicted molar refractivity (Wildman–Crippen MR) is 57.3 cm³/mol. The molecule has 2 heterocycles. The molecule has 0 aliphatic carbocycles. The number of hydrogen-bond donors (Lipinski definition) is 1. The number of anilines is 1. The molecule has 0 aliphatic heterocycles. The molecule has 0 radical (unpaired) electrons. The number of hydrogen-bond acceptors (Lipinski definition) is 3. The van der Waals surface area contributed by atoms with Crippen molar-refractivity contribution in [2.75, 3.05) is 5.73 Å². The van der Waals surface area contributed by atoms with Crippen molar-refractivity contribution < 1.29 is 0 Å². The molecule has 15 heavy (non-hydrogen) atoms. The zero-order valence-corrected chi connectivity index (χ0v) is 8.21. The Hall–Kier alpha value is -2.04. The first kappa shape index (κ1) is 9.51. The molecule has 0 bridgehead atoms. The standard InChI is InChI=1S/C10H12N4O/c11-9-7-12-14(8-9)6-5-13-4-2-1-3-10(13)15/h1-4,7-8H,5-6,11H2. The van der Waals surface area contributed by atoms with Crippen LogP contribution in [0.15, 0.2) is 41.6 Å². The van der Waals surface area contributed by atoms with E-state index in [9.17, 15) is 4.79 Å². The molecule has 0 aliphatic rings. The zero-order chi connectivity index (χ0) is 10.7. The topological polar surface area (TPSA) is 65.8 Å². The third-order valence-electron chi connectivity index (χ3n) is 2.12. The van der Waals surface area contributed by atoms with Gasteiger partial charge in [-0.15, -0.1) is 0 Å². The van der Waals surface area contributed by atoms with Gasteiger partial charge in [-0.25, -0.2) is 0 Å². The second-order valence-electron chi connectivity index (χ2n) is 3.27. The monoisotopic (exact) mass is 204 g/mol. The first-order valence-corrected chi connectivity index (χ1v) is 4.69. The van der Waals surface area contributed by atoms with Crippen LogP contribution in [0.5, 0.6) is 0 Å². The van der Waals surface area contributed by atoms with Gasteiger partial charge in [0.25, 0.3) is 5.56 Å². The molecule has 0 unspecified atom stereocenters. The van der Waals surface area contributed by atoms with Crippen LogP contribution in [0, 0.1) is 0 Å². The van der Waals surface area contributed by atoms with Gasteiger partial charge >= 0.3 is 0 Å². The van der Waals surface area contributed by atoms with Crippen LogP contribution in [0.1, 0.15) is 0 Å². The van der Waals surface area contributed by atoms with E-state index in [1.165, 1.54) is 6.07 Å². The Bertz CT molecular complexity index is 500. The lowest BCUT2D eigenvalue weighted by Crippen LogP contribution is -2.20. The molecule has 2 N–H and O–H groups in total. The maximum atomic E-state index is 11.4. The smallest absolute Gasteiger partial charge is 0.250 e. The molecule has 0 amide bonds. The summed E-state index contributed by atoms with van der Waals surface area (Å²) in [4.78, 5) is 11.4. The Balaban J connectivity index is 2.05. The van der Waals surface area contributed by atoms with E-state index in [4.69, 9.17) is 5.73 Å². The highest BCUT2D eigenvalue weighted by atomic mass is 16.1. The molecular formula is C10H12N4O. The summed E-state index contributed by atoms with van der Waals surface area (Å²) in [7, 11) is 0. The van der Waals surface area contributed by atoms with Crippen molar-refractivity contribution in [2.24, 2.45) is 0 Å². The van der Waals surface area contributed by atoms with Gasteiger partial charge in [-0.3, -0.25) is 9.48 Å².